The molecule has 2 aromatic rings. The van der Waals surface area contributed by atoms with Crippen LogP contribution in [0.1, 0.15) is 15.9 Å². The average Bonchev–Trinajstić information content (AvgIpc) is 2.28. The van der Waals surface area contributed by atoms with E-state index in [9.17, 15) is 9.59 Å². The minimum Gasteiger partial charge on any atom is -0.496 e. The SMILES string of the molecule is COc1cc2c(=O)c(C(=O)O)c[nH]c2cc1C. The zero-order valence-electron chi connectivity index (χ0n) is 9.40. The fourth-order valence-corrected chi connectivity index (χ4v) is 1.73. The van der Waals surface area contributed by atoms with E-state index in [0.29, 0.717) is 16.7 Å². The second-order valence-corrected chi connectivity index (χ2v) is 3.70. The number of aromatic nitrogens is 1. The largest absolute Gasteiger partial charge is 0.496 e. The fourth-order valence-electron chi connectivity index (χ4n) is 1.73. The van der Waals surface area contributed by atoms with E-state index < -0.39 is 11.4 Å². The van der Waals surface area contributed by atoms with Crippen molar-refractivity contribution >= 4 is 16.9 Å². The van der Waals surface area contributed by atoms with E-state index in [4.69, 9.17) is 9.84 Å². The van der Waals surface area contributed by atoms with E-state index in [1.165, 1.54) is 13.3 Å². The number of H-pyrrole nitrogens is 1. The third-order valence-electron chi connectivity index (χ3n) is 2.63. The van der Waals surface area contributed by atoms with Crippen molar-refractivity contribution < 1.29 is 14.6 Å². The summed E-state index contributed by atoms with van der Waals surface area (Å²) in [7, 11) is 1.50. The van der Waals surface area contributed by atoms with Crippen molar-refractivity contribution in [1.29, 1.82) is 0 Å². The molecule has 1 aromatic heterocycles. The summed E-state index contributed by atoms with van der Waals surface area (Å²) in [6.45, 7) is 1.85. The van der Waals surface area contributed by atoms with Crippen molar-refractivity contribution in [2.75, 3.05) is 7.11 Å². The van der Waals surface area contributed by atoms with E-state index in [2.05, 4.69) is 4.98 Å². The molecular weight excluding hydrogens is 222 g/mol. The topological polar surface area (TPSA) is 79.4 Å². The van der Waals surface area contributed by atoms with Gasteiger partial charge in [0, 0.05) is 11.7 Å². The highest BCUT2D eigenvalue weighted by atomic mass is 16.5. The van der Waals surface area contributed by atoms with Crippen molar-refractivity contribution in [2.45, 2.75) is 6.92 Å². The molecule has 5 heteroatoms. The molecule has 0 aliphatic rings. The molecule has 0 amide bonds. The molecule has 0 bridgehead atoms. The Hall–Kier alpha value is -2.30. The number of aromatic amines is 1. The molecule has 0 fully saturated rings. The zero-order valence-corrected chi connectivity index (χ0v) is 9.40. The predicted molar refractivity (Wildman–Crippen MR) is 62.8 cm³/mol. The molecule has 0 unspecified atom stereocenters. The molecule has 0 saturated carbocycles. The molecule has 2 N–H and O–H groups in total. The van der Waals surface area contributed by atoms with Crippen LogP contribution >= 0.6 is 0 Å². The average molecular weight is 233 g/mol. The molecule has 1 aromatic carbocycles. The van der Waals surface area contributed by atoms with Gasteiger partial charge in [-0.15, -0.1) is 0 Å². The number of ether oxygens (including phenoxy) is 1. The van der Waals surface area contributed by atoms with Gasteiger partial charge in [-0.3, -0.25) is 4.79 Å². The molecular formula is C12H11NO4. The second-order valence-electron chi connectivity index (χ2n) is 3.70. The number of nitrogens with one attached hydrogen (secondary N) is 1. The third-order valence-corrected chi connectivity index (χ3v) is 2.63. The molecule has 0 aliphatic carbocycles. The van der Waals surface area contributed by atoms with E-state index in [0.717, 1.165) is 5.56 Å². The normalized spacial score (nSPS) is 10.5. The monoisotopic (exact) mass is 233 g/mol. The molecule has 2 rings (SSSR count). The maximum absolute atomic E-state index is 11.9. The van der Waals surface area contributed by atoms with Crippen LogP contribution in [-0.4, -0.2) is 23.2 Å². The van der Waals surface area contributed by atoms with Crippen molar-refractivity contribution in [3.05, 3.63) is 39.7 Å². The Morgan fingerprint density at radius 1 is 1.41 bits per heavy atom. The summed E-state index contributed by atoms with van der Waals surface area (Å²) in [5, 5.41) is 9.17. The maximum atomic E-state index is 11.9. The van der Waals surface area contributed by atoms with Gasteiger partial charge in [0.1, 0.15) is 11.3 Å². The van der Waals surface area contributed by atoms with Gasteiger partial charge >= 0.3 is 5.97 Å². The van der Waals surface area contributed by atoms with Crippen LogP contribution < -0.4 is 10.2 Å². The molecule has 0 saturated heterocycles. The highest BCUT2D eigenvalue weighted by Crippen LogP contribution is 2.22. The van der Waals surface area contributed by atoms with Gasteiger partial charge in [-0.05, 0) is 24.6 Å². The lowest BCUT2D eigenvalue weighted by atomic mass is 10.1. The number of hydrogen-bond donors (Lipinski definition) is 2. The van der Waals surface area contributed by atoms with Crippen molar-refractivity contribution in [1.82, 2.24) is 4.98 Å². The number of hydrogen-bond acceptors (Lipinski definition) is 3. The molecule has 0 radical (unpaired) electrons. The zero-order chi connectivity index (χ0) is 12.6. The van der Waals surface area contributed by atoms with E-state index >= 15 is 0 Å². The summed E-state index contributed by atoms with van der Waals surface area (Å²) < 4.78 is 5.11. The summed E-state index contributed by atoms with van der Waals surface area (Å²) in [6, 6.07) is 3.30. The first kappa shape index (κ1) is 11.2. The summed E-state index contributed by atoms with van der Waals surface area (Å²) in [6.07, 6.45) is 1.21. The second kappa shape index (κ2) is 3.93. The summed E-state index contributed by atoms with van der Waals surface area (Å²) in [5.41, 5.74) is 0.685. The lowest BCUT2D eigenvalue weighted by Gasteiger charge is -2.06. The van der Waals surface area contributed by atoms with Gasteiger partial charge < -0.3 is 14.8 Å². The Morgan fingerprint density at radius 2 is 2.12 bits per heavy atom. The highest BCUT2D eigenvalue weighted by molar-refractivity contribution is 5.92. The van der Waals surface area contributed by atoms with Gasteiger partial charge in [0.2, 0.25) is 5.43 Å². The molecule has 0 atom stereocenters. The van der Waals surface area contributed by atoms with Gasteiger partial charge in [-0.2, -0.15) is 0 Å². The van der Waals surface area contributed by atoms with Crippen LogP contribution in [0.4, 0.5) is 0 Å². The number of pyridine rings is 1. The van der Waals surface area contributed by atoms with Crippen LogP contribution in [0.15, 0.2) is 23.1 Å². The van der Waals surface area contributed by atoms with Gasteiger partial charge in [0.05, 0.1) is 12.5 Å². The van der Waals surface area contributed by atoms with Gasteiger partial charge in [-0.25, -0.2) is 4.79 Å². The number of aryl methyl sites for hydroxylation is 1. The van der Waals surface area contributed by atoms with Gasteiger partial charge in [-0.1, -0.05) is 0 Å². The smallest absolute Gasteiger partial charge is 0.341 e. The third kappa shape index (κ3) is 1.75. The van der Waals surface area contributed by atoms with Crippen LogP contribution in [0, 0.1) is 6.92 Å². The van der Waals surface area contributed by atoms with Crippen molar-refractivity contribution in [2.24, 2.45) is 0 Å². The van der Waals surface area contributed by atoms with Crippen LogP contribution in [0.25, 0.3) is 10.9 Å². The number of carboxylic acids is 1. The Labute approximate surface area is 96.7 Å². The molecule has 1 heterocycles. The van der Waals surface area contributed by atoms with E-state index in [-0.39, 0.29) is 5.56 Å². The van der Waals surface area contributed by atoms with Crippen molar-refractivity contribution in [3.63, 3.8) is 0 Å². The van der Waals surface area contributed by atoms with Crippen LogP contribution in [0.3, 0.4) is 0 Å². The molecule has 17 heavy (non-hydrogen) atoms. The fraction of sp³-hybridized carbons (Fsp3) is 0.167. The Bertz CT molecular complexity index is 657. The summed E-state index contributed by atoms with van der Waals surface area (Å²) >= 11 is 0. The molecule has 0 aliphatic heterocycles. The summed E-state index contributed by atoms with van der Waals surface area (Å²) in [5.74, 6) is -0.682. The quantitative estimate of drug-likeness (QED) is 0.824. The lowest BCUT2D eigenvalue weighted by Crippen LogP contribution is -2.15. The Balaban J connectivity index is 2.85. The number of rotatable bonds is 2. The first-order valence-electron chi connectivity index (χ1n) is 4.98. The number of carboxylic acid groups (broad SMARTS) is 1. The maximum Gasteiger partial charge on any atom is 0.341 e. The van der Waals surface area contributed by atoms with Crippen LogP contribution in [0.2, 0.25) is 0 Å². The number of methoxy groups -OCH3 is 1. The minimum atomic E-state index is -1.24. The number of carbonyl (C=O) groups is 1. The van der Waals surface area contributed by atoms with Crippen molar-refractivity contribution in [3.8, 4) is 5.75 Å². The first-order valence-corrected chi connectivity index (χ1v) is 4.98. The number of aromatic carboxylic acids is 1. The Morgan fingerprint density at radius 3 is 2.71 bits per heavy atom. The van der Waals surface area contributed by atoms with Crippen LogP contribution in [0.5, 0.6) is 5.75 Å². The van der Waals surface area contributed by atoms with E-state index in [1.807, 2.05) is 6.92 Å². The highest BCUT2D eigenvalue weighted by Gasteiger charge is 2.12. The number of fused-ring (bicyclic) bond motifs is 1. The Kier molecular flexibility index (Phi) is 2.59. The molecule has 5 nitrogen and oxygen atoms in total. The number of benzene rings is 1. The van der Waals surface area contributed by atoms with E-state index in [1.54, 1.807) is 12.1 Å². The molecule has 0 spiro atoms. The lowest BCUT2D eigenvalue weighted by molar-refractivity contribution is 0.0695. The molecule has 88 valence electrons. The predicted octanol–water partition coefficient (Wildman–Crippen LogP) is 1.54. The van der Waals surface area contributed by atoms with Crippen LogP contribution in [-0.2, 0) is 0 Å². The standard InChI is InChI=1S/C12H11NO4/c1-6-3-9-7(4-10(6)17-2)11(14)8(5-13-9)12(15)16/h3-5H,1-2H3,(H,13,14)(H,15,16). The van der Waals surface area contributed by atoms with Gasteiger partial charge in [0.15, 0.2) is 0 Å². The summed E-state index contributed by atoms with van der Waals surface area (Å²) in [4.78, 5) is 25.5. The minimum absolute atomic E-state index is 0.275. The first-order chi connectivity index (χ1) is 8.04. The van der Waals surface area contributed by atoms with Gasteiger partial charge in [0.25, 0.3) is 0 Å².